The van der Waals surface area contributed by atoms with Gasteiger partial charge in [-0.1, -0.05) is 0 Å². The van der Waals surface area contributed by atoms with E-state index in [4.69, 9.17) is 4.74 Å². The van der Waals surface area contributed by atoms with Gasteiger partial charge >= 0.3 is 6.18 Å². The zero-order valence-corrected chi connectivity index (χ0v) is 11.4. The summed E-state index contributed by atoms with van der Waals surface area (Å²) >= 11 is 0. The van der Waals surface area contributed by atoms with Gasteiger partial charge in [0, 0.05) is 38.2 Å². The highest BCUT2D eigenvalue weighted by atomic mass is 19.4. The second-order valence-corrected chi connectivity index (χ2v) is 4.90. The number of hydrogen-bond donors (Lipinski definition) is 1. The molecular weight excluding hydrogens is 289 g/mol. The second kappa shape index (κ2) is 5.51. The minimum absolute atomic E-state index is 0.104. The van der Waals surface area contributed by atoms with E-state index in [-0.39, 0.29) is 18.8 Å². The number of rotatable bonds is 2. The number of halogens is 3. The first-order chi connectivity index (χ1) is 9.77. The van der Waals surface area contributed by atoms with E-state index >= 15 is 0 Å². The molecule has 21 heavy (non-hydrogen) atoms. The van der Waals surface area contributed by atoms with Crippen LogP contribution < -0.4 is 4.74 Å². The fourth-order valence-corrected chi connectivity index (χ4v) is 2.18. The molecule has 2 rings (SSSR count). The summed E-state index contributed by atoms with van der Waals surface area (Å²) < 4.78 is 43.0. The van der Waals surface area contributed by atoms with Crippen molar-refractivity contribution in [2.75, 3.05) is 20.2 Å². The molecular formula is C13H15F3N2O3. The minimum atomic E-state index is -4.68. The SMILES string of the molecule is COc1ccnc(C(=O)N2CCC(O)(C(F)(F)F)CC2)c1. The summed E-state index contributed by atoms with van der Waals surface area (Å²) in [6.07, 6.45) is -4.36. The minimum Gasteiger partial charge on any atom is -0.497 e. The summed E-state index contributed by atoms with van der Waals surface area (Å²) in [4.78, 5) is 17.3. The maximum atomic E-state index is 12.7. The fourth-order valence-electron chi connectivity index (χ4n) is 2.18. The van der Waals surface area contributed by atoms with Gasteiger partial charge in [0.15, 0.2) is 5.60 Å². The predicted octanol–water partition coefficient (Wildman–Crippen LogP) is 1.62. The number of ether oxygens (including phenoxy) is 1. The molecule has 1 aromatic heterocycles. The molecule has 1 amide bonds. The number of alkyl halides is 3. The molecule has 0 atom stereocenters. The molecule has 0 radical (unpaired) electrons. The van der Waals surface area contributed by atoms with Crippen molar-refractivity contribution in [2.24, 2.45) is 0 Å². The number of aromatic nitrogens is 1. The van der Waals surface area contributed by atoms with Crippen molar-refractivity contribution < 1.29 is 27.8 Å². The van der Waals surface area contributed by atoms with Crippen molar-refractivity contribution in [3.8, 4) is 5.75 Å². The number of hydrogen-bond acceptors (Lipinski definition) is 4. The number of pyridine rings is 1. The topological polar surface area (TPSA) is 62.7 Å². The van der Waals surface area contributed by atoms with Gasteiger partial charge in [-0.15, -0.1) is 0 Å². The lowest BCUT2D eigenvalue weighted by Gasteiger charge is -2.38. The fraction of sp³-hybridized carbons (Fsp3) is 0.538. The summed E-state index contributed by atoms with van der Waals surface area (Å²) in [5.41, 5.74) is -2.61. The maximum Gasteiger partial charge on any atom is 0.417 e. The zero-order chi connectivity index (χ0) is 15.7. The van der Waals surface area contributed by atoms with Gasteiger partial charge in [-0.25, -0.2) is 0 Å². The van der Waals surface area contributed by atoms with Gasteiger partial charge in [0.2, 0.25) is 0 Å². The smallest absolute Gasteiger partial charge is 0.417 e. The maximum absolute atomic E-state index is 12.7. The number of amides is 1. The molecule has 2 heterocycles. The average molecular weight is 304 g/mol. The van der Waals surface area contributed by atoms with Crippen LogP contribution in [0, 0.1) is 0 Å². The lowest BCUT2D eigenvalue weighted by molar-refractivity contribution is -0.271. The van der Waals surface area contributed by atoms with E-state index in [1.54, 1.807) is 6.07 Å². The summed E-state index contributed by atoms with van der Waals surface area (Å²) in [5, 5.41) is 9.56. The largest absolute Gasteiger partial charge is 0.497 e. The summed E-state index contributed by atoms with van der Waals surface area (Å²) in [6.45, 7) is -0.346. The number of carbonyl (C=O) groups is 1. The van der Waals surface area contributed by atoms with Gasteiger partial charge in [-0.05, 0) is 6.07 Å². The first-order valence-corrected chi connectivity index (χ1v) is 6.35. The van der Waals surface area contributed by atoms with Crippen molar-refractivity contribution in [1.82, 2.24) is 9.88 Å². The van der Waals surface area contributed by atoms with E-state index in [0.717, 1.165) is 0 Å². The molecule has 8 heteroatoms. The highest BCUT2D eigenvalue weighted by Crippen LogP contribution is 2.38. The van der Waals surface area contributed by atoms with Crippen molar-refractivity contribution in [1.29, 1.82) is 0 Å². The van der Waals surface area contributed by atoms with Crippen molar-refractivity contribution in [2.45, 2.75) is 24.6 Å². The van der Waals surface area contributed by atoms with Crippen molar-refractivity contribution >= 4 is 5.91 Å². The number of nitrogens with zero attached hydrogens (tertiary/aromatic N) is 2. The molecule has 5 nitrogen and oxygen atoms in total. The Hall–Kier alpha value is -1.83. The number of methoxy groups -OCH3 is 1. The Morgan fingerprint density at radius 3 is 2.57 bits per heavy atom. The van der Waals surface area contributed by atoms with Crippen LogP contribution in [0.2, 0.25) is 0 Å². The Kier molecular flexibility index (Phi) is 4.08. The third-order valence-corrected chi connectivity index (χ3v) is 3.59. The standard InChI is InChI=1S/C13H15F3N2O3/c1-21-9-2-5-17-10(8-9)11(19)18-6-3-12(20,4-7-18)13(14,15)16/h2,5,8,20H,3-4,6-7H2,1H3. The Bertz CT molecular complexity index is 526. The highest BCUT2D eigenvalue weighted by Gasteiger charge is 2.54. The molecule has 116 valence electrons. The molecule has 1 saturated heterocycles. The number of carbonyl (C=O) groups excluding carboxylic acids is 1. The van der Waals surface area contributed by atoms with Gasteiger partial charge < -0.3 is 14.7 Å². The van der Waals surface area contributed by atoms with Crippen LogP contribution in [0.4, 0.5) is 13.2 Å². The van der Waals surface area contributed by atoms with E-state index in [2.05, 4.69) is 4.98 Å². The normalized spacial score (nSPS) is 18.4. The first kappa shape index (κ1) is 15.6. The molecule has 0 bridgehead atoms. The second-order valence-electron chi connectivity index (χ2n) is 4.90. The van der Waals surface area contributed by atoms with Gasteiger partial charge in [0.25, 0.3) is 5.91 Å². The summed E-state index contributed by atoms with van der Waals surface area (Å²) in [5.74, 6) is -0.0321. The highest BCUT2D eigenvalue weighted by molar-refractivity contribution is 5.92. The van der Waals surface area contributed by atoms with Crippen LogP contribution in [-0.2, 0) is 0 Å². The number of piperidine rings is 1. The van der Waals surface area contributed by atoms with Crippen LogP contribution in [0.1, 0.15) is 23.3 Å². The van der Waals surface area contributed by atoms with Crippen LogP contribution in [-0.4, -0.2) is 52.9 Å². The van der Waals surface area contributed by atoms with E-state index in [1.807, 2.05) is 0 Å². The van der Waals surface area contributed by atoms with E-state index in [9.17, 15) is 23.1 Å². The van der Waals surface area contributed by atoms with Gasteiger partial charge in [-0.2, -0.15) is 13.2 Å². The number of aliphatic hydroxyl groups is 1. The van der Waals surface area contributed by atoms with Crippen molar-refractivity contribution in [3.05, 3.63) is 24.0 Å². The quantitative estimate of drug-likeness (QED) is 0.902. The third kappa shape index (κ3) is 3.10. The summed E-state index contributed by atoms with van der Waals surface area (Å²) in [6, 6.07) is 2.99. The van der Waals surface area contributed by atoms with Crippen LogP contribution in [0.5, 0.6) is 5.75 Å². The van der Waals surface area contributed by atoms with E-state index in [1.165, 1.54) is 24.3 Å². The van der Waals surface area contributed by atoms with Gasteiger partial charge in [0.05, 0.1) is 7.11 Å². The molecule has 0 aliphatic carbocycles. The Balaban J connectivity index is 2.07. The monoisotopic (exact) mass is 304 g/mol. The molecule has 1 aliphatic rings. The molecule has 1 N–H and O–H groups in total. The van der Waals surface area contributed by atoms with Gasteiger partial charge in [-0.3, -0.25) is 9.78 Å². The van der Waals surface area contributed by atoms with Crippen LogP contribution in [0.15, 0.2) is 18.3 Å². The lowest BCUT2D eigenvalue weighted by Crippen LogP contribution is -2.54. The zero-order valence-electron chi connectivity index (χ0n) is 11.4. The summed E-state index contributed by atoms with van der Waals surface area (Å²) in [7, 11) is 1.44. The van der Waals surface area contributed by atoms with Gasteiger partial charge in [0.1, 0.15) is 11.4 Å². The Morgan fingerprint density at radius 1 is 1.43 bits per heavy atom. The predicted molar refractivity (Wildman–Crippen MR) is 66.9 cm³/mol. The Morgan fingerprint density at radius 2 is 2.05 bits per heavy atom. The molecule has 0 spiro atoms. The van der Waals surface area contributed by atoms with Crippen LogP contribution >= 0.6 is 0 Å². The lowest BCUT2D eigenvalue weighted by atomic mass is 9.90. The van der Waals surface area contributed by atoms with Crippen molar-refractivity contribution in [3.63, 3.8) is 0 Å². The Labute approximate surface area is 119 Å². The van der Waals surface area contributed by atoms with Crippen LogP contribution in [0.25, 0.3) is 0 Å². The molecule has 0 saturated carbocycles. The molecule has 1 aliphatic heterocycles. The number of likely N-dealkylation sites (tertiary alicyclic amines) is 1. The molecule has 1 aromatic rings. The van der Waals surface area contributed by atoms with E-state index in [0.29, 0.717) is 5.75 Å². The van der Waals surface area contributed by atoms with Crippen LogP contribution in [0.3, 0.4) is 0 Å². The molecule has 1 fully saturated rings. The first-order valence-electron chi connectivity index (χ1n) is 6.35. The molecule has 0 unspecified atom stereocenters. The third-order valence-electron chi connectivity index (χ3n) is 3.59. The molecule has 0 aromatic carbocycles. The average Bonchev–Trinajstić information content (AvgIpc) is 2.46. The van der Waals surface area contributed by atoms with E-state index < -0.39 is 30.5 Å².